The first-order valence-electron chi connectivity index (χ1n) is 3.33. The predicted octanol–water partition coefficient (Wildman–Crippen LogP) is 2.60. The van der Waals surface area contributed by atoms with Gasteiger partial charge in [0.25, 0.3) is 0 Å². The maximum atomic E-state index is 12.7. The smallest absolute Gasteiger partial charge is 0.482 e. The van der Waals surface area contributed by atoms with Gasteiger partial charge in [-0.2, -0.15) is 13.2 Å². The lowest BCUT2D eigenvalue weighted by atomic mass is 10.2. The van der Waals surface area contributed by atoms with E-state index in [1.807, 2.05) is 0 Å². The van der Waals surface area contributed by atoms with Gasteiger partial charge in [-0.25, -0.2) is 8.78 Å². The van der Waals surface area contributed by atoms with E-state index in [4.69, 9.17) is 5.11 Å². The number of phenolic OH excluding ortho intramolecular Hbond substituents is 1. The van der Waals surface area contributed by atoms with Gasteiger partial charge in [0, 0.05) is 0 Å². The van der Waals surface area contributed by atoms with Crippen molar-refractivity contribution >= 4 is 5.69 Å². The molecule has 0 atom stereocenters. The lowest BCUT2D eigenvalue weighted by Crippen LogP contribution is -2.21. The summed E-state index contributed by atoms with van der Waals surface area (Å²) in [7, 11) is 0. The van der Waals surface area contributed by atoms with E-state index in [2.05, 4.69) is 0 Å². The van der Waals surface area contributed by atoms with Crippen molar-refractivity contribution in [1.29, 1.82) is 0 Å². The minimum absolute atomic E-state index is 0.520. The van der Waals surface area contributed by atoms with Crippen LogP contribution < -0.4 is 5.32 Å². The van der Waals surface area contributed by atoms with Crippen LogP contribution in [0.3, 0.4) is 0 Å². The van der Waals surface area contributed by atoms with Crippen LogP contribution in [0.15, 0.2) is 12.1 Å². The third-order valence-electron chi connectivity index (χ3n) is 1.34. The number of halogens is 5. The van der Waals surface area contributed by atoms with Gasteiger partial charge in [0.1, 0.15) is 11.4 Å². The van der Waals surface area contributed by atoms with Gasteiger partial charge in [-0.15, -0.1) is 0 Å². The normalized spacial score (nSPS) is 11.5. The number of nitrogens with one attached hydrogen (secondary N) is 1. The van der Waals surface area contributed by atoms with Crippen LogP contribution in [0.4, 0.5) is 27.6 Å². The number of hydrogen-bond donors (Lipinski definition) is 2. The van der Waals surface area contributed by atoms with Crippen LogP contribution >= 0.6 is 0 Å². The zero-order chi connectivity index (χ0) is 10.9. The second kappa shape index (κ2) is 3.32. The van der Waals surface area contributed by atoms with Crippen molar-refractivity contribution < 1.29 is 27.1 Å². The Hall–Kier alpha value is -1.53. The molecule has 1 aromatic rings. The maximum absolute atomic E-state index is 12.7. The highest BCUT2D eigenvalue weighted by atomic mass is 19.4. The van der Waals surface area contributed by atoms with Crippen molar-refractivity contribution in [3.8, 4) is 5.75 Å². The minimum Gasteiger partial charge on any atom is -0.506 e. The van der Waals surface area contributed by atoms with E-state index in [1.165, 1.54) is 0 Å². The quantitative estimate of drug-likeness (QED) is 0.427. The summed E-state index contributed by atoms with van der Waals surface area (Å²) in [6.07, 6.45) is -4.94. The molecule has 0 radical (unpaired) electrons. The molecule has 14 heavy (non-hydrogen) atoms. The molecule has 7 heteroatoms. The highest BCUT2D eigenvalue weighted by Crippen LogP contribution is 2.31. The summed E-state index contributed by atoms with van der Waals surface area (Å²) in [5, 5.41) is 9.50. The van der Waals surface area contributed by atoms with Gasteiger partial charge in [-0.3, -0.25) is 5.32 Å². The average molecular weight is 213 g/mol. The maximum Gasteiger partial charge on any atom is 0.482 e. The fraction of sp³-hybridized carbons (Fsp3) is 0.143. The van der Waals surface area contributed by atoms with Gasteiger partial charge in [0.05, 0.1) is 0 Å². The third kappa shape index (κ3) is 2.24. The summed E-state index contributed by atoms with van der Waals surface area (Å²) < 4.78 is 60.3. The molecule has 2 N–H and O–H groups in total. The number of alkyl halides is 3. The monoisotopic (exact) mass is 213 g/mol. The topological polar surface area (TPSA) is 32.3 Å². The summed E-state index contributed by atoms with van der Waals surface area (Å²) in [6, 6.07) is 1.14. The van der Waals surface area contributed by atoms with Gasteiger partial charge < -0.3 is 5.11 Å². The van der Waals surface area contributed by atoms with Crippen LogP contribution in [0.1, 0.15) is 0 Å². The molecular formula is C7H4F5NO. The van der Waals surface area contributed by atoms with Crippen LogP contribution in [-0.4, -0.2) is 11.4 Å². The number of phenols is 1. The first kappa shape index (κ1) is 10.6. The van der Waals surface area contributed by atoms with Crippen LogP contribution in [0.25, 0.3) is 0 Å². The van der Waals surface area contributed by atoms with Gasteiger partial charge in [-0.05, 0) is 12.1 Å². The Balaban J connectivity index is 3.13. The molecule has 0 aliphatic heterocycles. The molecular weight excluding hydrogens is 209 g/mol. The molecule has 0 fully saturated rings. The van der Waals surface area contributed by atoms with Crippen molar-refractivity contribution in [2.45, 2.75) is 6.30 Å². The minimum atomic E-state index is -4.94. The molecule has 0 bridgehead atoms. The Kier molecular flexibility index (Phi) is 2.50. The zero-order valence-electron chi connectivity index (χ0n) is 6.49. The van der Waals surface area contributed by atoms with Crippen LogP contribution in [-0.2, 0) is 0 Å². The molecule has 0 amide bonds. The Morgan fingerprint density at radius 2 is 1.71 bits per heavy atom. The van der Waals surface area contributed by atoms with Gasteiger partial charge >= 0.3 is 6.30 Å². The van der Waals surface area contributed by atoms with Crippen LogP contribution in [0.2, 0.25) is 0 Å². The van der Waals surface area contributed by atoms with E-state index in [1.54, 1.807) is 0 Å². The van der Waals surface area contributed by atoms with Crippen molar-refractivity contribution in [1.82, 2.24) is 0 Å². The largest absolute Gasteiger partial charge is 0.506 e. The molecule has 0 aliphatic rings. The second-order valence-corrected chi connectivity index (χ2v) is 2.38. The van der Waals surface area contributed by atoms with Crippen molar-refractivity contribution in [3.63, 3.8) is 0 Å². The lowest BCUT2D eigenvalue weighted by Gasteiger charge is -2.12. The van der Waals surface area contributed by atoms with E-state index >= 15 is 0 Å². The molecule has 0 unspecified atom stereocenters. The summed E-state index contributed by atoms with van der Waals surface area (Å²) in [4.78, 5) is 0. The number of benzene rings is 1. The van der Waals surface area contributed by atoms with Crippen LogP contribution in [0.5, 0.6) is 5.75 Å². The molecule has 0 spiro atoms. The Labute approximate surface area is 75.0 Å². The highest BCUT2D eigenvalue weighted by molar-refractivity contribution is 5.57. The average Bonchev–Trinajstić information content (AvgIpc) is 2.04. The summed E-state index contributed by atoms with van der Waals surface area (Å²) in [6.45, 7) is 0. The molecule has 1 rings (SSSR count). The molecule has 0 heterocycles. The molecule has 78 valence electrons. The van der Waals surface area contributed by atoms with E-state index in [0.29, 0.717) is 17.4 Å². The Morgan fingerprint density at radius 1 is 1.14 bits per heavy atom. The SMILES string of the molecule is Oc1ccc(F)c(F)c1NC(F)(F)F. The Morgan fingerprint density at radius 3 is 2.21 bits per heavy atom. The van der Waals surface area contributed by atoms with Gasteiger partial charge in [-0.1, -0.05) is 0 Å². The number of rotatable bonds is 1. The number of aromatic hydroxyl groups is 1. The van der Waals surface area contributed by atoms with Crippen molar-refractivity contribution in [3.05, 3.63) is 23.8 Å². The van der Waals surface area contributed by atoms with Gasteiger partial charge in [0.15, 0.2) is 11.6 Å². The summed E-state index contributed by atoms with van der Waals surface area (Å²) in [5.41, 5.74) is -1.32. The second-order valence-electron chi connectivity index (χ2n) is 2.38. The van der Waals surface area contributed by atoms with E-state index in [0.717, 1.165) is 0 Å². The fourth-order valence-electron chi connectivity index (χ4n) is 0.801. The summed E-state index contributed by atoms with van der Waals surface area (Å²) in [5.74, 6) is -4.27. The standard InChI is InChI=1S/C7H4F5NO/c8-3-1-2-4(14)6(5(3)9)13-7(10,11)12/h1-2,13-14H. The number of hydrogen-bond acceptors (Lipinski definition) is 2. The molecule has 0 saturated carbocycles. The molecule has 2 nitrogen and oxygen atoms in total. The van der Waals surface area contributed by atoms with Crippen LogP contribution in [0, 0.1) is 11.6 Å². The summed E-state index contributed by atoms with van der Waals surface area (Å²) >= 11 is 0. The molecule has 0 saturated heterocycles. The van der Waals surface area contributed by atoms with Gasteiger partial charge in [0.2, 0.25) is 0 Å². The van der Waals surface area contributed by atoms with E-state index in [9.17, 15) is 22.0 Å². The third-order valence-corrected chi connectivity index (χ3v) is 1.34. The van der Waals surface area contributed by atoms with E-state index < -0.39 is 29.4 Å². The molecule has 1 aromatic carbocycles. The highest BCUT2D eigenvalue weighted by Gasteiger charge is 2.30. The predicted molar refractivity (Wildman–Crippen MR) is 37.7 cm³/mol. The van der Waals surface area contributed by atoms with Crippen molar-refractivity contribution in [2.75, 3.05) is 5.32 Å². The fourth-order valence-corrected chi connectivity index (χ4v) is 0.801. The lowest BCUT2D eigenvalue weighted by molar-refractivity contribution is -0.100. The van der Waals surface area contributed by atoms with Crippen molar-refractivity contribution in [2.24, 2.45) is 0 Å². The Bertz CT molecular complexity index is 349. The van der Waals surface area contributed by atoms with E-state index in [-0.39, 0.29) is 0 Å². The number of anilines is 1. The first-order valence-corrected chi connectivity index (χ1v) is 3.33. The molecule has 0 aromatic heterocycles. The first-order chi connectivity index (χ1) is 6.31. The molecule has 0 aliphatic carbocycles. The zero-order valence-corrected chi connectivity index (χ0v) is 6.49.